The van der Waals surface area contributed by atoms with Crippen LogP contribution in [0.5, 0.6) is 0 Å². The summed E-state index contributed by atoms with van der Waals surface area (Å²) in [6.07, 6.45) is 30.8. The average Bonchev–Trinajstić information content (AvgIpc) is 3.25. The van der Waals surface area contributed by atoms with Gasteiger partial charge in [0.2, 0.25) is 0 Å². The molecule has 0 nitrogen and oxygen atoms in total. The van der Waals surface area contributed by atoms with Crippen LogP contribution in [0.2, 0.25) is 0 Å². The fraction of sp³-hybridized carbons (Fsp3) is 0.951. The van der Waals surface area contributed by atoms with Crippen molar-refractivity contribution in [3.05, 3.63) is 11.6 Å². The zero-order valence-electron chi connectivity index (χ0n) is 29.6. The highest BCUT2D eigenvalue weighted by atomic mass is 14.6. The number of allylic oxidation sites excluding steroid dienone is 2. The van der Waals surface area contributed by atoms with Crippen LogP contribution >= 0.6 is 0 Å². The molecule has 0 N–H and O–H groups in total. The fourth-order valence-corrected chi connectivity index (χ4v) is 11.4. The highest BCUT2D eigenvalue weighted by Gasteiger charge is 2.58. The number of hydrogen-bond acceptors (Lipinski definition) is 0. The van der Waals surface area contributed by atoms with E-state index in [1.54, 1.807) is 6.42 Å². The molecule has 4 aliphatic carbocycles. The molecule has 0 bridgehead atoms. The van der Waals surface area contributed by atoms with Gasteiger partial charge in [-0.1, -0.05) is 132 Å². The Morgan fingerprint density at radius 1 is 0.805 bits per heavy atom. The summed E-state index contributed by atoms with van der Waals surface area (Å²) < 4.78 is 0. The van der Waals surface area contributed by atoms with Gasteiger partial charge in [0.15, 0.2) is 0 Å². The van der Waals surface area contributed by atoms with Gasteiger partial charge < -0.3 is 0 Å². The van der Waals surface area contributed by atoms with Gasteiger partial charge >= 0.3 is 0 Å². The molecule has 0 radical (unpaired) electrons. The molecular formula is C41H74. The number of fused-ring (bicyclic) bond motifs is 5. The van der Waals surface area contributed by atoms with Crippen molar-refractivity contribution in [3.63, 3.8) is 0 Å². The summed E-state index contributed by atoms with van der Waals surface area (Å²) in [6, 6.07) is 0. The Morgan fingerprint density at radius 2 is 1.59 bits per heavy atom. The molecule has 0 saturated heterocycles. The largest absolute Gasteiger partial charge is 0.0845 e. The summed E-state index contributed by atoms with van der Waals surface area (Å²) >= 11 is 0. The summed E-state index contributed by atoms with van der Waals surface area (Å²) in [5.41, 5.74) is 3.57. The van der Waals surface area contributed by atoms with E-state index in [-0.39, 0.29) is 0 Å². The van der Waals surface area contributed by atoms with Crippen molar-refractivity contribution in [2.24, 2.45) is 63.6 Å². The highest BCUT2D eigenvalue weighted by molar-refractivity contribution is 5.25. The van der Waals surface area contributed by atoms with Crippen LogP contribution in [0.3, 0.4) is 0 Å². The molecule has 41 heavy (non-hydrogen) atoms. The monoisotopic (exact) mass is 567 g/mol. The first-order chi connectivity index (χ1) is 19.4. The second-order valence-corrected chi connectivity index (χ2v) is 18.1. The van der Waals surface area contributed by atoms with Crippen LogP contribution in [0.25, 0.3) is 0 Å². The molecule has 3 fully saturated rings. The Labute approximate surface area is 259 Å². The molecule has 0 amide bonds. The Kier molecular flexibility index (Phi) is 11.7. The Morgan fingerprint density at radius 3 is 2.27 bits per heavy atom. The molecule has 0 aromatic rings. The summed E-state index contributed by atoms with van der Waals surface area (Å²) in [5.74, 6) is 7.70. The summed E-state index contributed by atoms with van der Waals surface area (Å²) in [5, 5.41) is 0. The van der Waals surface area contributed by atoms with Crippen molar-refractivity contribution >= 4 is 0 Å². The maximum atomic E-state index is 2.83. The minimum absolute atomic E-state index is 0.470. The van der Waals surface area contributed by atoms with Crippen molar-refractivity contribution in [2.75, 3.05) is 0 Å². The van der Waals surface area contributed by atoms with E-state index in [1.165, 1.54) is 116 Å². The first-order valence-corrected chi connectivity index (χ1v) is 19.1. The summed E-state index contributed by atoms with van der Waals surface area (Å²) in [6.45, 7) is 22.5. The molecule has 0 heteroatoms. The van der Waals surface area contributed by atoms with Gasteiger partial charge in [-0.05, 0) is 128 Å². The van der Waals surface area contributed by atoms with E-state index >= 15 is 0 Å². The average molecular weight is 567 g/mol. The van der Waals surface area contributed by atoms with E-state index in [4.69, 9.17) is 0 Å². The normalized spacial score (nSPS) is 36.8. The third-order valence-corrected chi connectivity index (χ3v) is 14.4. The van der Waals surface area contributed by atoms with E-state index in [0.717, 1.165) is 47.3 Å². The zero-order valence-corrected chi connectivity index (χ0v) is 29.6. The summed E-state index contributed by atoms with van der Waals surface area (Å²) in [7, 11) is 0. The first kappa shape index (κ1) is 33.6. The molecule has 3 saturated carbocycles. The minimum Gasteiger partial charge on any atom is -0.0845 e. The molecule has 0 aromatic heterocycles. The number of rotatable bonds is 14. The number of hydrogen-bond donors (Lipinski definition) is 0. The Hall–Kier alpha value is -0.260. The maximum Gasteiger partial charge on any atom is -0.00851 e. The smallest absolute Gasteiger partial charge is 0.00851 e. The van der Waals surface area contributed by atoms with E-state index < -0.39 is 0 Å². The van der Waals surface area contributed by atoms with Crippen molar-refractivity contribution < 1.29 is 0 Å². The Bertz CT molecular complexity index is 825. The standard InChI is InChI=1S/C41H74/c1-10-31(19-20-33(11-2)39(5,6)7)16-14-17-32-25-27-41(9)35(29-32)21-23-36-37-24-22-34(18-13-12-15-30(3)4)40(37,8)28-26-38(36)41/h21,30-34,36-38H,10-20,22-29H2,1-9H3. The minimum atomic E-state index is 0.470. The molecule has 9 atom stereocenters. The van der Waals surface area contributed by atoms with Crippen LogP contribution in [-0.4, -0.2) is 0 Å². The topological polar surface area (TPSA) is 0 Å². The van der Waals surface area contributed by atoms with E-state index in [1.807, 2.05) is 5.57 Å². The number of unbranched alkanes of at least 4 members (excludes halogenated alkanes) is 1. The molecular weight excluding hydrogens is 492 g/mol. The highest BCUT2D eigenvalue weighted by Crippen LogP contribution is 2.67. The van der Waals surface area contributed by atoms with Crippen LogP contribution in [0, 0.1) is 63.6 Å². The maximum absolute atomic E-state index is 2.83. The predicted molar refractivity (Wildman–Crippen MR) is 182 cm³/mol. The zero-order chi connectivity index (χ0) is 29.8. The third kappa shape index (κ3) is 7.70. The SMILES string of the molecule is CCC(CCCC1CCC2(C)C(=CCC3C2CCC2(C)C(CCCCC(C)C)CCC32)C1)CCC(CC)C(C)(C)C. The van der Waals surface area contributed by atoms with Gasteiger partial charge in [-0.25, -0.2) is 0 Å². The lowest BCUT2D eigenvalue weighted by molar-refractivity contribution is -0.0458. The molecule has 9 unspecified atom stereocenters. The van der Waals surface area contributed by atoms with Crippen LogP contribution in [-0.2, 0) is 0 Å². The Balaban J connectivity index is 1.27. The third-order valence-electron chi connectivity index (χ3n) is 14.4. The first-order valence-electron chi connectivity index (χ1n) is 19.1. The van der Waals surface area contributed by atoms with Crippen LogP contribution in [0.4, 0.5) is 0 Å². The lowest BCUT2D eigenvalue weighted by Gasteiger charge is -2.58. The fourth-order valence-electron chi connectivity index (χ4n) is 11.4. The molecule has 4 aliphatic rings. The van der Waals surface area contributed by atoms with Gasteiger partial charge in [-0.3, -0.25) is 0 Å². The van der Waals surface area contributed by atoms with E-state index in [0.29, 0.717) is 16.2 Å². The quantitative estimate of drug-likeness (QED) is 0.145. The second kappa shape index (κ2) is 14.2. The van der Waals surface area contributed by atoms with Crippen molar-refractivity contribution in [1.29, 1.82) is 0 Å². The van der Waals surface area contributed by atoms with Gasteiger partial charge in [-0.15, -0.1) is 0 Å². The second-order valence-electron chi connectivity index (χ2n) is 18.1. The van der Waals surface area contributed by atoms with Gasteiger partial charge in [-0.2, -0.15) is 0 Å². The van der Waals surface area contributed by atoms with E-state index in [2.05, 4.69) is 68.4 Å². The van der Waals surface area contributed by atoms with Gasteiger partial charge in [0.1, 0.15) is 0 Å². The molecule has 0 aromatic carbocycles. The lowest BCUT2D eigenvalue weighted by Crippen LogP contribution is -2.50. The summed E-state index contributed by atoms with van der Waals surface area (Å²) in [4.78, 5) is 0. The van der Waals surface area contributed by atoms with Crippen LogP contribution < -0.4 is 0 Å². The van der Waals surface area contributed by atoms with Crippen molar-refractivity contribution in [2.45, 2.75) is 184 Å². The van der Waals surface area contributed by atoms with Gasteiger partial charge in [0.25, 0.3) is 0 Å². The molecule has 0 aliphatic heterocycles. The molecule has 0 heterocycles. The van der Waals surface area contributed by atoms with Crippen LogP contribution in [0.15, 0.2) is 11.6 Å². The molecule has 0 spiro atoms. The predicted octanol–water partition coefficient (Wildman–Crippen LogP) is 13.4. The van der Waals surface area contributed by atoms with Crippen molar-refractivity contribution in [3.8, 4) is 0 Å². The van der Waals surface area contributed by atoms with E-state index in [9.17, 15) is 0 Å². The molecule has 238 valence electrons. The van der Waals surface area contributed by atoms with Gasteiger partial charge in [0, 0.05) is 0 Å². The van der Waals surface area contributed by atoms with Gasteiger partial charge in [0.05, 0.1) is 0 Å². The molecule has 4 rings (SSSR count). The van der Waals surface area contributed by atoms with Crippen LogP contribution in [0.1, 0.15) is 184 Å². The lowest BCUT2D eigenvalue weighted by atomic mass is 9.46. The van der Waals surface area contributed by atoms with Crippen molar-refractivity contribution in [1.82, 2.24) is 0 Å².